The minimum atomic E-state index is 0.149. The largest absolute Gasteiger partial charge is 0.494 e. The highest BCUT2D eigenvalue weighted by Gasteiger charge is 2.10. The molecule has 0 bridgehead atoms. The van der Waals surface area contributed by atoms with E-state index >= 15 is 0 Å². The molecule has 3 nitrogen and oxygen atoms in total. The van der Waals surface area contributed by atoms with Crippen molar-refractivity contribution < 1.29 is 9.53 Å². The SMILES string of the molecule is CN(Cc1ccc(Br)s1)C(=O)CCCOc1ccccc1. The number of hydrogen-bond donors (Lipinski definition) is 0. The van der Waals surface area contributed by atoms with Crippen LogP contribution in [-0.2, 0) is 11.3 Å². The lowest BCUT2D eigenvalue weighted by molar-refractivity contribution is -0.130. The number of thiophene rings is 1. The lowest BCUT2D eigenvalue weighted by Gasteiger charge is -2.16. The second kappa shape index (κ2) is 8.20. The molecule has 21 heavy (non-hydrogen) atoms. The fraction of sp³-hybridized carbons (Fsp3) is 0.312. The van der Waals surface area contributed by atoms with Crippen molar-refractivity contribution in [2.24, 2.45) is 0 Å². The highest BCUT2D eigenvalue weighted by molar-refractivity contribution is 9.11. The average Bonchev–Trinajstić information content (AvgIpc) is 2.89. The summed E-state index contributed by atoms with van der Waals surface area (Å²) < 4.78 is 6.68. The van der Waals surface area contributed by atoms with Crippen molar-refractivity contribution in [3.8, 4) is 5.75 Å². The first-order valence-corrected chi connectivity index (χ1v) is 8.42. The van der Waals surface area contributed by atoms with Gasteiger partial charge in [-0.1, -0.05) is 18.2 Å². The first-order chi connectivity index (χ1) is 10.1. The summed E-state index contributed by atoms with van der Waals surface area (Å²) in [6.07, 6.45) is 1.24. The summed E-state index contributed by atoms with van der Waals surface area (Å²) in [4.78, 5) is 15.0. The van der Waals surface area contributed by atoms with Crippen LogP contribution in [0.5, 0.6) is 5.75 Å². The molecular formula is C16H18BrNO2S. The summed E-state index contributed by atoms with van der Waals surface area (Å²) in [5.41, 5.74) is 0. The summed E-state index contributed by atoms with van der Waals surface area (Å²) in [6.45, 7) is 1.22. The van der Waals surface area contributed by atoms with E-state index in [2.05, 4.69) is 15.9 Å². The smallest absolute Gasteiger partial charge is 0.222 e. The summed E-state index contributed by atoms with van der Waals surface area (Å²) >= 11 is 5.09. The fourth-order valence-corrected chi connectivity index (χ4v) is 3.42. The van der Waals surface area contributed by atoms with Gasteiger partial charge in [0.1, 0.15) is 5.75 Å². The van der Waals surface area contributed by atoms with Gasteiger partial charge in [0.2, 0.25) is 5.91 Å². The van der Waals surface area contributed by atoms with Crippen LogP contribution in [0, 0.1) is 0 Å². The molecule has 1 aromatic heterocycles. The van der Waals surface area contributed by atoms with Gasteiger partial charge in [-0.25, -0.2) is 0 Å². The predicted octanol–water partition coefficient (Wildman–Crippen LogP) is 4.33. The molecule has 0 atom stereocenters. The zero-order chi connectivity index (χ0) is 15.1. The minimum absolute atomic E-state index is 0.149. The number of rotatable bonds is 7. The van der Waals surface area contributed by atoms with Gasteiger partial charge in [0.25, 0.3) is 0 Å². The standard InChI is InChI=1S/C16H18BrNO2S/c1-18(12-14-9-10-15(17)21-14)16(19)8-5-11-20-13-6-3-2-4-7-13/h2-4,6-7,9-10H,5,8,11-12H2,1H3. The molecule has 0 aliphatic carbocycles. The van der Waals surface area contributed by atoms with Crippen LogP contribution in [0.1, 0.15) is 17.7 Å². The van der Waals surface area contributed by atoms with Crippen LogP contribution in [0.15, 0.2) is 46.3 Å². The average molecular weight is 368 g/mol. The lowest BCUT2D eigenvalue weighted by atomic mass is 10.3. The number of carbonyl (C=O) groups is 1. The van der Waals surface area contributed by atoms with Crippen LogP contribution in [-0.4, -0.2) is 24.5 Å². The van der Waals surface area contributed by atoms with E-state index in [0.29, 0.717) is 19.6 Å². The topological polar surface area (TPSA) is 29.5 Å². The van der Waals surface area contributed by atoms with Gasteiger partial charge in [0.05, 0.1) is 16.9 Å². The summed E-state index contributed by atoms with van der Waals surface area (Å²) in [7, 11) is 1.84. The molecule has 0 aliphatic heterocycles. The highest BCUT2D eigenvalue weighted by atomic mass is 79.9. The van der Waals surface area contributed by atoms with Crippen LogP contribution in [0.2, 0.25) is 0 Å². The van der Waals surface area contributed by atoms with E-state index in [-0.39, 0.29) is 5.91 Å². The molecule has 0 N–H and O–H groups in total. The molecule has 1 amide bonds. The molecule has 0 unspecified atom stereocenters. The van der Waals surface area contributed by atoms with Gasteiger partial charge >= 0.3 is 0 Å². The molecule has 0 spiro atoms. The summed E-state index contributed by atoms with van der Waals surface area (Å²) in [6, 6.07) is 13.7. The van der Waals surface area contributed by atoms with Gasteiger partial charge in [-0.2, -0.15) is 0 Å². The first-order valence-electron chi connectivity index (χ1n) is 6.81. The molecular weight excluding hydrogens is 350 g/mol. The molecule has 5 heteroatoms. The van der Waals surface area contributed by atoms with Crippen molar-refractivity contribution in [1.82, 2.24) is 4.90 Å². The van der Waals surface area contributed by atoms with E-state index in [0.717, 1.165) is 16.0 Å². The molecule has 0 fully saturated rings. The molecule has 2 rings (SSSR count). The van der Waals surface area contributed by atoms with Gasteiger partial charge in [0, 0.05) is 18.3 Å². The van der Waals surface area contributed by atoms with Crippen molar-refractivity contribution in [2.45, 2.75) is 19.4 Å². The molecule has 0 aliphatic rings. The number of nitrogens with zero attached hydrogens (tertiary/aromatic N) is 1. The van der Waals surface area contributed by atoms with Crippen molar-refractivity contribution in [1.29, 1.82) is 0 Å². The minimum Gasteiger partial charge on any atom is -0.494 e. The van der Waals surface area contributed by atoms with E-state index in [4.69, 9.17) is 4.74 Å². The van der Waals surface area contributed by atoms with Crippen molar-refractivity contribution in [3.05, 3.63) is 51.1 Å². The lowest BCUT2D eigenvalue weighted by Crippen LogP contribution is -2.25. The van der Waals surface area contributed by atoms with E-state index in [1.165, 1.54) is 4.88 Å². The third kappa shape index (κ3) is 5.52. The Hall–Kier alpha value is -1.33. The van der Waals surface area contributed by atoms with Crippen LogP contribution in [0.4, 0.5) is 0 Å². The zero-order valence-electron chi connectivity index (χ0n) is 11.9. The van der Waals surface area contributed by atoms with Gasteiger partial charge in [-0.05, 0) is 46.6 Å². The van der Waals surface area contributed by atoms with E-state index in [9.17, 15) is 4.79 Å². The molecule has 2 aromatic rings. The Morgan fingerprint density at radius 2 is 2.00 bits per heavy atom. The third-order valence-corrected chi connectivity index (χ3v) is 4.60. The first kappa shape index (κ1) is 16.0. The third-order valence-electron chi connectivity index (χ3n) is 2.99. The molecule has 1 aromatic carbocycles. The quantitative estimate of drug-likeness (QED) is 0.681. The predicted molar refractivity (Wildman–Crippen MR) is 89.7 cm³/mol. The zero-order valence-corrected chi connectivity index (χ0v) is 14.3. The van der Waals surface area contributed by atoms with Crippen LogP contribution >= 0.6 is 27.3 Å². The number of hydrogen-bond acceptors (Lipinski definition) is 3. The Morgan fingerprint density at radius 1 is 1.24 bits per heavy atom. The van der Waals surface area contributed by atoms with Gasteiger partial charge < -0.3 is 9.64 Å². The van der Waals surface area contributed by atoms with E-state index < -0.39 is 0 Å². The van der Waals surface area contributed by atoms with Gasteiger partial charge in [-0.15, -0.1) is 11.3 Å². The van der Waals surface area contributed by atoms with Crippen molar-refractivity contribution in [3.63, 3.8) is 0 Å². The molecule has 112 valence electrons. The maximum atomic E-state index is 12.0. The highest BCUT2D eigenvalue weighted by Crippen LogP contribution is 2.23. The Bertz CT molecular complexity index is 571. The maximum absolute atomic E-state index is 12.0. The molecule has 0 radical (unpaired) electrons. The van der Waals surface area contributed by atoms with E-state index in [1.807, 2.05) is 49.5 Å². The Balaban J connectivity index is 1.67. The normalized spacial score (nSPS) is 10.4. The monoisotopic (exact) mass is 367 g/mol. The Morgan fingerprint density at radius 3 is 2.67 bits per heavy atom. The molecule has 1 heterocycles. The summed E-state index contributed by atoms with van der Waals surface area (Å²) in [5.74, 6) is 0.998. The maximum Gasteiger partial charge on any atom is 0.222 e. The van der Waals surface area contributed by atoms with Crippen LogP contribution in [0.25, 0.3) is 0 Å². The number of carbonyl (C=O) groups excluding carboxylic acids is 1. The van der Waals surface area contributed by atoms with Crippen molar-refractivity contribution in [2.75, 3.05) is 13.7 Å². The summed E-state index contributed by atoms with van der Waals surface area (Å²) in [5, 5.41) is 0. The van der Waals surface area contributed by atoms with Crippen LogP contribution < -0.4 is 4.74 Å². The molecule has 0 saturated heterocycles. The second-order valence-corrected chi connectivity index (χ2v) is 7.27. The van der Waals surface area contributed by atoms with Gasteiger partial charge in [0.15, 0.2) is 0 Å². The van der Waals surface area contributed by atoms with E-state index in [1.54, 1.807) is 16.2 Å². The van der Waals surface area contributed by atoms with Gasteiger partial charge in [-0.3, -0.25) is 4.79 Å². The number of amides is 1. The second-order valence-electron chi connectivity index (χ2n) is 4.72. The number of halogens is 1. The number of benzene rings is 1. The molecule has 0 saturated carbocycles. The number of ether oxygens (including phenoxy) is 1. The fourth-order valence-electron chi connectivity index (χ4n) is 1.88. The number of para-hydroxylation sites is 1. The Labute approximate surface area is 137 Å². The van der Waals surface area contributed by atoms with Crippen LogP contribution in [0.3, 0.4) is 0 Å². The van der Waals surface area contributed by atoms with Crippen molar-refractivity contribution >= 4 is 33.2 Å². The Kier molecular flexibility index (Phi) is 6.26.